The van der Waals surface area contributed by atoms with E-state index in [-0.39, 0.29) is 0 Å². The smallest absolute Gasteiger partial charge is 0.170 e. The molecule has 3 aromatic rings. The first-order chi connectivity index (χ1) is 6.97. The Kier molecular flexibility index (Phi) is 3.15. The van der Waals surface area contributed by atoms with Crippen LogP contribution in [-0.2, 0) is 0 Å². The molecule has 5 heteroatoms. The molecule has 3 nitrogen and oxygen atoms in total. The van der Waals surface area contributed by atoms with Gasteiger partial charge in [-0.15, -0.1) is 22.7 Å². The Bertz CT molecular complexity index is 428. The van der Waals surface area contributed by atoms with E-state index in [4.69, 9.17) is 0 Å². The first kappa shape index (κ1) is 9.23. The quantitative estimate of drug-likeness (QED) is 0.586. The normalized spacial score (nSPS) is 9.43. The third kappa shape index (κ3) is 2.34. The Labute approximate surface area is 89.1 Å². The van der Waals surface area contributed by atoms with Crippen LogP contribution in [0.1, 0.15) is 0 Å². The van der Waals surface area contributed by atoms with Crippen molar-refractivity contribution in [2.24, 2.45) is 0 Å². The van der Waals surface area contributed by atoms with Crippen molar-refractivity contribution in [2.45, 2.75) is 0 Å². The van der Waals surface area contributed by atoms with E-state index >= 15 is 0 Å². The SMILES string of the molecule is c1cnc2ncsc2c1.c1cscn1. The predicted octanol–water partition coefficient (Wildman–Crippen LogP) is 2.83. The van der Waals surface area contributed by atoms with E-state index in [9.17, 15) is 0 Å². The Morgan fingerprint density at radius 1 is 1.07 bits per heavy atom. The molecule has 0 unspecified atom stereocenters. The lowest BCUT2D eigenvalue weighted by Crippen LogP contribution is -1.70. The zero-order chi connectivity index (χ0) is 9.64. The molecule has 0 spiro atoms. The van der Waals surface area contributed by atoms with Gasteiger partial charge >= 0.3 is 0 Å². The summed E-state index contributed by atoms with van der Waals surface area (Å²) in [5.74, 6) is 0. The number of rotatable bonds is 0. The number of nitrogens with zero attached hydrogens (tertiary/aromatic N) is 3. The fourth-order valence-corrected chi connectivity index (χ4v) is 1.87. The molecule has 0 bridgehead atoms. The number of hydrogen-bond acceptors (Lipinski definition) is 5. The largest absolute Gasteiger partial charge is 0.253 e. The van der Waals surface area contributed by atoms with E-state index in [0.29, 0.717) is 0 Å². The maximum atomic E-state index is 4.04. The summed E-state index contributed by atoms with van der Waals surface area (Å²) >= 11 is 3.22. The summed E-state index contributed by atoms with van der Waals surface area (Å²) in [5.41, 5.74) is 4.44. The summed E-state index contributed by atoms with van der Waals surface area (Å²) in [6.45, 7) is 0. The number of aromatic nitrogens is 3. The van der Waals surface area contributed by atoms with Crippen LogP contribution in [0.15, 0.2) is 40.9 Å². The van der Waals surface area contributed by atoms with Gasteiger partial charge in [0.05, 0.1) is 15.7 Å². The third-order valence-corrected chi connectivity index (χ3v) is 2.76. The Morgan fingerprint density at radius 2 is 2.07 bits per heavy atom. The molecule has 3 heterocycles. The Morgan fingerprint density at radius 3 is 2.71 bits per heavy atom. The fourth-order valence-electron chi connectivity index (χ4n) is 0.880. The average Bonchev–Trinajstić information content (AvgIpc) is 2.92. The molecule has 0 N–H and O–H groups in total. The van der Waals surface area contributed by atoms with Gasteiger partial charge in [-0.25, -0.2) is 9.97 Å². The second kappa shape index (κ2) is 4.78. The Balaban J connectivity index is 0.000000128. The summed E-state index contributed by atoms with van der Waals surface area (Å²) < 4.78 is 1.15. The molecule has 0 fully saturated rings. The third-order valence-electron chi connectivity index (χ3n) is 1.45. The molecular formula is C9H7N3S2. The lowest BCUT2D eigenvalue weighted by atomic mass is 10.5. The van der Waals surface area contributed by atoms with E-state index in [0.717, 1.165) is 10.3 Å². The van der Waals surface area contributed by atoms with E-state index in [1.165, 1.54) is 0 Å². The molecule has 0 saturated carbocycles. The second-order valence-electron chi connectivity index (χ2n) is 2.35. The first-order valence-corrected chi connectivity index (χ1v) is 5.75. The van der Waals surface area contributed by atoms with E-state index in [1.807, 2.05) is 17.5 Å². The summed E-state index contributed by atoms with van der Waals surface area (Å²) in [6, 6.07) is 3.93. The highest BCUT2D eigenvalue weighted by Gasteiger charge is 1.91. The lowest BCUT2D eigenvalue weighted by molar-refractivity contribution is 1.33. The van der Waals surface area contributed by atoms with Crippen molar-refractivity contribution in [2.75, 3.05) is 0 Å². The lowest BCUT2D eigenvalue weighted by Gasteiger charge is -1.79. The highest BCUT2D eigenvalue weighted by molar-refractivity contribution is 7.16. The van der Waals surface area contributed by atoms with Gasteiger partial charge in [0.2, 0.25) is 0 Å². The van der Waals surface area contributed by atoms with Gasteiger partial charge in [0, 0.05) is 17.8 Å². The first-order valence-electron chi connectivity index (χ1n) is 3.93. The van der Waals surface area contributed by atoms with Crippen molar-refractivity contribution in [3.63, 3.8) is 0 Å². The molecule has 70 valence electrons. The maximum absolute atomic E-state index is 4.04. The fraction of sp³-hybridized carbons (Fsp3) is 0. The minimum absolute atomic E-state index is 0.850. The van der Waals surface area contributed by atoms with E-state index < -0.39 is 0 Å². The molecule has 0 amide bonds. The van der Waals surface area contributed by atoms with Crippen LogP contribution in [0, 0.1) is 0 Å². The number of pyridine rings is 1. The van der Waals surface area contributed by atoms with Crippen LogP contribution >= 0.6 is 22.7 Å². The minimum atomic E-state index is 0.850. The van der Waals surface area contributed by atoms with Crippen LogP contribution in [0.4, 0.5) is 0 Å². The minimum Gasteiger partial charge on any atom is -0.253 e. The number of fused-ring (bicyclic) bond motifs is 1. The second-order valence-corrected chi connectivity index (χ2v) is 3.99. The monoisotopic (exact) mass is 221 g/mol. The predicted molar refractivity (Wildman–Crippen MR) is 59.5 cm³/mol. The summed E-state index contributed by atoms with van der Waals surface area (Å²) in [4.78, 5) is 11.8. The van der Waals surface area contributed by atoms with Gasteiger partial charge in [-0.1, -0.05) is 0 Å². The molecule has 3 aromatic heterocycles. The van der Waals surface area contributed by atoms with Crippen LogP contribution < -0.4 is 0 Å². The summed E-state index contributed by atoms with van der Waals surface area (Å²) in [7, 11) is 0. The highest BCUT2D eigenvalue weighted by Crippen LogP contribution is 2.12. The maximum Gasteiger partial charge on any atom is 0.170 e. The average molecular weight is 221 g/mol. The van der Waals surface area contributed by atoms with Gasteiger partial charge in [0.15, 0.2) is 5.65 Å². The zero-order valence-corrected chi connectivity index (χ0v) is 8.83. The molecule has 0 aliphatic carbocycles. The van der Waals surface area contributed by atoms with Gasteiger partial charge < -0.3 is 0 Å². The number of thiazole rings is 2. The van der Waals surface area contributed by atoms with Crippen molar-refractivity contribution >= 4 is 33.0 Å². The van der Waals surface area contributed by atoms with Crippen molar-refractivity contribution < 1.29 is 0 Å². The molecular weight excluding hydrogens is 214 g/mol. The molecule has 0 atom stereocenters. The van der Waals surface area contributed by atoms with Crippen molar-refractivity contribution in [3.8, 4) is 0 Å². The molecule has 0 radical (unpaired) electrons. The van der Waals surface area contributed by atoms with Gasteiger partial charge in [-0.3, -0.25) is 4.98 Å². The van der Waals surface area contributed by atoms with Crippen LogP contribution in [0.25, 0.3) is 10.3 Å². The van der Waals surface area contributed by atoms with Crippen LogP contribution in [-0.4, -0.2) is 15.0 Å². The van der Waals surface area contributed by atoms with Gasteiger partial charge in [0.1, 0.15) is 0 Å². The molecule has 0 aliphatic rings. The molecule has 3 rings (SSSR count). The van der Waals surface area contributed by atoms with Crippen LogP contribution in [0.3, 0.4) is 0 Å². The van der Waals surface area contributed by atoms with Crippen LogP contribution in [0.2, 0.25) is 0 Å². The standard InChI is InChI=1S/C6H4N2S.C3H3NS/c1-2-5-6(7-3-1)8-4-9-5;1-2-5-3-4-1/h1-4H;1-3H. The van der Waals surface area contributed by atoms with Crippen LogP contribution in [0.5, 0.6) is 0 Å². The number of hydrogen-bond donors (Lipinski definition) is 0. The molecule has 0 aliphatic heterocycles. The van der Waals surface area contributed by atoms with Crippen molar-refractivity contribution in [1.29, 1.82) is 0 Å². The van der Waals surface area contributed by atoms with E-state index in [1.54, 1.807) is 46.1 Å². The van der Waals surface area contributed by atoms with Gasteiger partial charge in [-0.2, -0.15) is 0 Å². The molecule has 0 saturated heterocycles. The van der Waals surface area contributed by atoms with Gasteiger partial charge in [-0.05, 0) is 12.1 Å². The van der Waals surface area contributed by atoms with Gasteiger partial charge in [0.25, 0.3) is 0 Å². The topological polar surface area (TPSA) is 38.7 Å². The van der Waals surface area contributed by atoms with Crippen molar-refractivity contribution in [3.05, 3.63) is 40.9 Å². The van der Waals surface area contributed by atoms with E-state index in [2.05, 4.69) is 15.0 Å². The molecule has 14 heavy (non-hydrogen) atoms. The van der Waals surface area contributed by atoms with Crippen molar-refractivity contribution in [1.82, 2.24) is 15.0 Å². The highest BCUT2D eigenvalue weighted by atomic mass is 32.1. The summed E-state index contributed by atoms with van der Waals surface area (Å²) in [5, 5.41) is 1.93. The summed E-state index contributed by atoms with van der Waals surface area (Å²) in [6.07, 6.45) is 3.52. The zero-order valence-electron chi connectivity index (χ0n) is 7.20. The Hall–Kier alpha value is -1.33. The molecule has 0 aromatic carbocycles.